The fourth-order valence-electron chi connectivity index (χ4n) is 4.94. The molecule has 1 heterocycles. The molecule has 1 unspecified atom stereocenters. The molecule has 1 amide bonds. The van der Waals surface area contributed by atoms with Crippen molar-refractivity contribution in [1.82, 2.24) is 14.9 Å². The Bertz CT molecular complexity index is 1470. The Hall–Kier alpha value is -4.96. The third kappa shape index (κ3) is 6.76. The van der Waals surface area contributed by atoms with Crippen LogP contribution in [0.2, 0.25) is 0 Å². The van der Waals surface area contributed by atoms with Crippen molar-refractivity contribution in [3.63, 3.8) is 0 Å². The van der Waals surface area contributed by atoms with Crippen molar-refractivity contribution in [2.24, 2.45) is 0 Å². The highest BCUT2D eigenvalue weighted by Gasteiger charge is 2.50. The van der Waals surface area contributed by atoms with E-state index in [-0.39, 0.29) is 30.6 Å². The molecule has 1 atom stereocenters. The van der Waals surface area contributed by atoms with Crippen molar-refractivity contribution >= 4 is 11.9 Å². The first-order chi connectivity index (χ1) is 20.7. The highest BCUT2D eigenvalue weighted by molar-refractivity contribution is 5.99. The number of carbonyl (C=O) groups excluding carboxylic acids is 1. The molecule has 0 saturated carbocycles. The van der Waals surface area contributed by atoms with E-state index in [1.807, 2.05) is 12.1 Å². The first-order valence-electron chi connectivity index (χ1n) is 13.6. The number of aliphatic carboxylic acids is 1. The Morgan fingerprint density at radius 3 is 1.81 bits per heavy atom. The van der Waals surface area contributed by atoms with Gasteiger partial charge >= 0.3 is 12.0 Å². The summed E-state index contributed by atoms with van der Waals surface area (Å²) in [6.45, 7) is 3.61. The number of hydrogen-bond donors (Lipinski definition) is 1. The molecule has 4 aromatic rings. The molecule has 0 aliphatic rings. The molecule has 43 heavy (non-hydrogen) atoms. The van der Waals surface area contributed by atoms with Gasteiger partial charge in [0, 0.05) is 25.0 Å². The SMILES string of the molecule is COc1cccc(OC)c1C(=O)N(C)CCOC(c1ccccc1)(c1ccccc1)C(Oc1nc(C)cc(C)n1)C(=O)O. The van der Waals surface area contributed by atoms with Crippen molar-refractivity contribution in [2.45, 2.75) is 25.6 Å². The first kappa shape index (κ1) is 31.0. The molecule has 0 aliphatic carbocycles. The summed E-state index contributed by atoms with van der Waals surface area (Å²) in [7, 11) is 4.58. The second-order valence-corrected chi connectivity index (χ2v) is 9.85. The van der Waals surface area contributed by atoms with Gasteiger partial charge in [-0.05, 0) is 43.2 Å². The van der Waals surface area contributed by atoms with Gasteiger partial charge in [0.1, 0.15) is 17.1 Å². The number of carbonyl (C=O) groups is 2. The number of amides is 1. The molecule has 224 valence electrons. The van der Waals surface area contributed by atoms with Crippen molar-refractivity contribution in [2.75, 3.05) is 34.4 Å². The number of benzene rings is 3. The smallest absolute Gasteiger partial charge is 0.348 e. The molecule has 0 aliphatic heterocycles. The summed E-state index contributed by atoms with van der Waals surface area (Å²) in [6.07, 6.45) is -1.60. The van der Waals surface area contributed by atoms with Gasteiger partial charge in [0.05, 0.1) is 20.8 Å². The number of nitrogens with zero attached hydrogens (tertiary/aromatic N) is 3. The zero-order valence-corrected chi connectivity index (χ0v) is 24.8. The highest BCUT2D eigenvalue weighted by Crippen LogP contribution is 2.39. The second-order valence-electron chi connectivity index (χ2n) is 9.85. The van der Waals surface area contributed by atoms with Crippen molar-refractivity contribution in [3.8, 4) is 17.5 Å². The van der Waals surface area contributed by atoms with Crippen LogP contribution in [-0.4, -0.2) is 72.4 Å². The van der Waals surface area contributed by atoms with Crippen LogP contribution in [0.25, 0.3) is 0 Å². The van der Waals surface area contributed by atoms with Gasteiger partial charge in [-0.15, -0.1) is 0 Å². The molecule has 0 bridgehead atoms. The molecule has 0 spiro atoms. The van der Waals surface area contributed by atoms with Crippen LogP contribution in [0, 0.1) is 13.8 Å². The minimum Gasteiger partial charge on any atom is -0.496 e. The number of likely N-dealkylation sites (N-methyl/N-ethyl adjacent to an activating group) is 1. The summed E-state index contributed by atoms with van der Waals surface area (Å²) >= 11 is 0. The summed E-state index contributed by atoms with van der Waals surface area (Å²) in [5, 5.41) is 10.6. The Balaban J connectivity index is 1.75. The van der Waals surface area contributed by atoms with E-state index in [1.54, 1.807) is 93.7 Å². The van der Waals surface area contributed by atoms with E-state index in [4.69, 9.17) is 18.9 Å². The largest absolute Gasteiger partial charge is 0.496 e. The minimum absolute atomic E-state index is 0.0513. The van der Waals surface area contributed by atoms with E-state index in [0.717, 1.165) is 0 Å². The quantitative estimate of drug-likeness (QED) is 0.239. The summed E-state index contributed by atoms with van der Waals surface area (Å²) in [5.74, 6) is -0.892. The van der Waals surface area contributed by atoms with Crippen molar-refractivity contribution in [1.29, 1.82) is 0 Å². The molecule has 0 fully saturated rings. The number of carboxylic acids is 1. The maximum absolute atomic E-state index is 13.5. The van der Waals surface area contributed by atoms with Crippen LogP contribution in [0.1, 0.15) is 32.9 Å². The fourth-order valence-corrected chi connectivity index (χ4v) is 4.94. The average molecular weight is 586 g/mol. The molecule has 0 radical (unpaired) electrons. The summed E-state index contributed by atoms with van der Waals surface area (Å²) in [6, 6.07) is 24.8. The van der Waals surface area contributed by atoms with Crippen LogP contribution in [0.5, 0.6) is 17.5 Å². The maximum atomic E-state index is 13.5. The number of hydrogen-bond acceptors (Lipinski definition) is 8. The fraction of sp³-hybridized carbons (Fsp3) is 0.273. The first-order valence-corrected chi connectivity index (χ1v) is 13.6. The average Bonchev–Trinajstić information content (AvgIpc) is 3.01. The van der Waals surface area contributed by atoms with E-state index < -0.39 is 17.7 Å². The van der Waals surface area contributed by atoms with Gasteiger partial charge in [-0.2, -0.15) is 0 Å². The van der Waals surface area contributed by atoms with Gasteiger partial charge in [-0.1, -0.05) is 66.7 Å². The predicted octanol–water partition coefficient (Wildman–Crippen LogP) is 4.68. The van der Waals surface area contributed by atoms with E-state index >= 15 is 0 Å². The third-order valence-corrected chi connectivity index (χ3v) is 6.93. The van der Waals surface area contributed by atoms with E-state index in [1.165, 1.54) is 19.1 Å². The van der Waals surface area contributed by atoms with Crippen LogP contribution in [0.3, 0.4) is 0 Å². The zero-order chi connectivity index (χ0) is 31.0. The third-order valence-electron chi connectivity index (χ3n) is 6.93. The van der Waals surface area contributed by atoms with E-state index in [9.17, 15) is 14.7 Å². The molecule has 10 nitrogen and oxygen atoms in total. The van der Waals surface area contributed by atoms with E-state index in [0.29, 0.717) is 34.0 Å². The van der Waals surface area contributed by atoms with Gasteiger partial charge in [0.15, 0.2) is 5.60 Å². The highest BCUT2D eigenvalue weighted by atomic mass is 16.6. The topological polar surface area (TPSA) is 120 Å². The zero-order valence-electron chi connectivity index (χ0n) is 24.8. The van der Waals surface area contributed by atoms with Gasteiger partial charge < -0.3 is 29.0 Å². The molecule has 4 rings (SSSR count). The lowest BCUT2D eigenvalue weighted by molar-refractivity contribution is -0.164. The van der Waals surface area contributed by atoms with Gasteiger partial charge in [-0.25, -0.2) is 14.8 Å². The molecular weight excluding hydrogens is 550 g/mol. The lowest BCUT2D eigenvalue weighted by atomic mass is 9.81. The Labute approximate surface area is 250 Å². The number of carboxylic acid groups (broad SMARTS) is 1. The van der Waals surface area contributed by atoms with Gasteiger partial charge in [-0.3, -0.25) is 4.79 Å². The van der Waals surface area contributed by atoms with Gasteiger partial charge in [0.25, 0.3) is 5.91 Å². The lowest BCUT2D eigenvalue weighted by Crippen LogP contribution is -2.52. The molecule has 0 saturated heterocycles. The standard InChI is InChI=1S/C33H35N3O7/c1-22-21-23(2)35-32(34-22)43-29(31(38)39)33(24-13-8-6-9-14-24,25-15-10-7-11-16-25)42-20-19-36(3)30(37)28-26(40-4)17-12-18-27(28)41-5/h6-18,21,29H,19-20H2,1-5H3,(H,38,39). The van der Waals surface area contributed by atoms with Crippen LogP contribution < -0.4 is 14.2 Å². The van der Waals surface area contributed by atoms with Crippen LogP contribution in [0.15, 0.2) is 84.9 Å². The van der Waals surface area contributed by atoms with Crippen molar-refractivity contribution in [3.05, 3.63) is 113 Å². The predicted molar refractivity (Wildman–Crippen MR) is 160 cm³/mol. The molecule has 1 aromatic heterocycles. The number of aryl methyl sites for hydroxylation is 2. The Kier molecular flexibility index (Phi) is 9.95. The maximum Gasteiger partial charge on any atom is 0.348 e. The number of methoxy groups -OCH3 is 2. The van der Waals surface area contributed by atoms with Crippen LogP contribution in [0.4, 0.5) is 0 Å². The number of aromatic nitrogens is 2. The normalized spacial score (nSPS) is 11.8. The summed E-state index contributed by atoms with van der Waals surface area (Å²) in [5.41, 5.74) is 0.957. The van der Waals surface area contributed by atoms with E-state index in [2.05, 4.69) is 9.97 Å². The summed E-state index contributed by atoms with van der Waals surface area (Å²) < 4.78 is 23.5. The Morgan fingerprint density at radius 2 is 1.35 bits per heavy atom. The number of rotatable bonds is 13. The lowest BCUT2D eigenvalue weighted by Gasteiger charge is -2.39. The Morgan fingerprint density at radius 1 is 0.837 bits per heavy atom. The molecule has 1 N–H and O–H groups in total. The van der Waals surface area contributed by atoms with Gasteiger partial charge in [0.2, 0.25) is 6.10 Å². The van der Waals surface area contributed by atoms with Crippen LogP contribution in [-0.2, 0) is 15.1 Å². The van der Waals surface area contributed by atoms with Crippen molar-refractivity contribution < 1.29 is 33.6 Å². The summed E-state index contributed by atoms with van der Waals surface area (Å²) in [4.78, 5) is 36.7. The second kappa shape index (κ2) is 13.8. The monoisotopic (exact) mass is 585 g/mol. The molecule has 10 heteroatoms. The molecular formula is C33H35N3O7. The molecule has 3 aromatic carbocycles. The number of ether oxygens (including phenoxy) is 4. The minimum atomic E-state index is -1.65. The van der Waals surface area contributed by atoms with Crippen LogP contribution >= 0.6 is 0 Å².